The number of carboxylic acid groups (broad SMARTS) is 1. The fraction of sp³-hybridized carbons (Fsp3) is 0.579. The van der Waals surface area contributed by atoms with Crippen molar-refractivity contribution >= 4 is 11.9 Å². The molecular weight excluding hydrogens is 322 g/mol. The molecule has 0 bridgehead atoms. The van der Waals surface area contributed by atoms with Crippen LogP contribution in [0.1, 0.15) is 37.7 Å². The van der Waals surface area contributed by atoms with Crippen molar-refractivity contribution in [3.05, 3.63) is 35.9 Å². The lowest BCUT2D eigenvalue weighted by molar-refractivity contribution is -0.145. The maximum absolute atomic E-state index is 12.6. The maximum Gasteiger partial charge on any atom is 0.307 e. The minimum atomic E-state index is -0.876. The molecule has 0 radical (unpaired) electrons. The first-order chi connectivity index (χ1) is 11.1. The van der Waals surface area contributed by atoms with E-state index in [4.69, 9.17) is 0 Å². The normalized spacial score (nSPS) is 23.0. The third-order valence-corrected chi connectivity index (χ3v) is 5.42. The lowest BCUT2D eigenvalue weighted by atomic mass is 9.82. The van der Waals surface area contributed by atoms with Crippen molar-refractivity contribution in [3.8, 4) is 0 Å². The Morgan fingerprint density at radius 1 is 1.04 bits per heavy atom. The third kappa shape index (κ3) is 5.28. The fourth-order valence-corrected chi connectivity index (χ4v) is 4.09. The molecule has 1 heterocycles. The van der Waals surface area contributed by atoms with E-state index in [9.17, 15) is 14.7 Å². The summed E-state index contributed by atoms with van der Waals surface area (Å²) in [5.74, 6) is -0.204. The van der Waals surface area contributed by atoms with Gasteiger partial charge in [-0.05, 0) is 36.7 Å². The summed E-state index contributed by atoms with van der Waals surface area (Å²) in [4.78, 5) is 26.0. The van der Waals surface area contributed by atoms with E-state index in [1.54, 1.807) is 0 Å². The van der Waals surface area contributed by atoms with Crippen molar-refractivity contribution in [2.45, 2.75) is 38.5 Å². The average molecular weight is 351 g/mol. The first kappa shape index (κ1) is 21.1. The first-order valence-corrected chi connectivity index (χ1v) is 8.68. The van der Waals surface area contributed by atoms with Crippen molar-refractivity contribution < 1.29 is 25.6 Å². The van der Waals surface area contributed by atoms with Crippen LogP contribution in [0.4, 0.5) is 0 Å². The van der Waals surface area contributed by atoms with Crippen LogP contribution in [0.25, 0.3) is 0 Å². The van der Waals surface area contributed by atoms with Crippen LogP contribution in [0, 0.1) is 17.8 Å². The summed E-state index contributed by atoms with van der Waals surface area (Å²) in [6.45, 7) is 1.67. The van der Waals surface area contributed by atoms with Gasteiger partial charge in [0.15, 0.2) is 0 Å². The van der Waals surface area contributed by atoms with Crippen molar-refractivity contribution in [2.75, 3.05) is 13.1 Å². The molecule has 0 spiro atoms. The van der Waals surface area contributed by atoms with Gasteiger partial charge in [-0.1, -0.05) is 43.2 Å². The summed E-state index contributed by atoms with van der Waals surface area (Å²) in [5.41, 5.74) is 0.975. The van der Waals surface area contributed by atoms with E-state index in [0.29, 0.717) is 18.3 Å². The highest BCUT2D eigenvalue weighted by Crippen LogP contribution is 2.36. The topological polar surface area (TPSA) is 121 Å². The SMILES string of the molecule is O.O.O=C(O)[C@H](CC(=O)N1C[C@H]2CCCC[C@H]2C1)Cc1ccccc1. The Labute approximate surface area is 148 Å². The number of hydrogen-bond acceptors (Lipinski definition) is 2. The van der Waals surface area contributed by atoms with Crippen LogP contribution < -0.4 is 0 Å². The van der Waals surface area contributed by atoms with E-state index in [2.05, 4.69) is 0 Å². The number of hydrogen-bond donors (Lipinski definition) is 1. The molecule has 1 aliphatic heterocycles. The van der Waals surface area contributed by atoms with Gasteiger partial charge in [0.25, 0.3) is 0 Å². The number of aliphatic carboxylic acids is 1. The molecule has 5 N–H and O–H groups in total. The molecule has 25 heavy (non-hydrogen) atoms. The summed E-state index contributed by atoms with van der Waals surface area (Å²) in [7, 11) is 0. The van der Waals surface area contributed by atoms with Gasteiger partial charge < -0.3 is 21.0 Å². The van der Waals surface area contributed by atoms with E-state index in [0.717, 1.165) is 18.7 Å². The quantitative estimate of drug-likeness (QED) is 0.861. The second-order valence-electron chi connectivity index (χ2n) is 7.03. The van der Waals surface area contributed by atoms with Gasteiger partial charge in [-0.15, -0.1) is 0 Å². The molecular formula is C19H29NO5. The lowest BCUT2D eigenvalue weighted by Crippen LogP contribution is -2.33. The summed E-state index contributed by atoms with van der Waals surface area (Å²) in [6, 6.07) is 9.56. The van der Waals surface area contributed by atoms with Gasteiger partial charge in [0.1, 0.15) is 0 Å². The number of carbonyl (C=O) groups is 2. The Balaban J connectivity index is 0.00000156. The molecule has 3 atom stereocenters. The second-order valence-corrected chi connectivity index (χ2v) is 7.03. The Hall–Kier alpha value is -1.92. The maximum atomic E-state index is 12.6. The van der Waals surface area contributed by atoms with Crippen LogP contribution >= 0.6 is 0 Å². The summed E-state index contributed by atoms with van der Waals surface area (Å²) < 4.78 is 0. The minimum absolute atomic E-state index is 0. The molecule has 1 saturated carbocycles. The molecule has 6 heteroatoms. The van der Waals surface area contributed by atoms with Gasteiger partial charge in [-0.25, -0.2) is 0 Å². The van der Waals surface area contributed by atoms with Crippen LogP contribution in [0.15, 0.2) is 30.3 Å². The van der Waals surface area contributed by atoms with Crippen molar-refractivity contribution in [1.29, 1.82) is 0 Å². The van der Waals surface area contributed by atoms with E-state index in [1.807, 2.05) is 35.2 Å². The van der Waals surface area contributed by atoms with Crippen molar-refractivity contribution in [2.24, 2.45) is 17.8 Å². The van der Waals surface area contributed by atoms with Gasteiger partial charge in [0.2, 0.25) is 5.91 Å². The molecule has 3 rings (SSSR count). The lowest BCUT2D eigenvalue weighted by Gasteiger charge is -2.22. The predicted octanol–water partition coefficient (Wildman–Crippen LogP) is 1.32. The van der Waals surface area contributed by atoms with Gasteiger partial charge in [0, 0.05) is 19.5 Å². The monoisotopic (exact) mass is 351 g/mol. The zero-order chi connectivity index (χ0) is 16.2. The number of carboxylic acids is 1. The molecule has 2 fully saturated rings. The molecule has 2 aliphatic rings. The number of benzene rings is 1. The van der Waals surface area contributed by atoms with Gasteiger partial charge in [-0.3, -0.25) is 9.59 Å². The highest BCUT2D eigenvalue weighted by atomic mass is 16.4. The summed E-state index contributed by atoms with van der Waals surface area (Å²) in [6.07, 6.45) is 5.53. The number of fused-ring (bicyclic) bond motifs is 1. The molecule has 6 nitrogen and oxygen atoms in total. The second kappa shape index (κ2) is 9.53. The minimum Gasteiger partial charge on any atom is -0.481 e. The van der Waals surface area contributed by atoms with E-state index < -0.39 is 11.9 Å². The van der Waals surface area contributed by atoms with Gasteiger partial charge >= 0.3 is 5.97 Å². The van der Waals surface area contributed by atoms with Crippen LogP contribution in [-0.2, 0) is 16.0 Å². The molecule has 1 aromatic rings. The van der Waals surface area contributed by atoms with Crippen molar-refractivity contribution in [3.63, 3.8) is 0 Å². The predicted molar refractivity (Wildman–Crippen MR) is 95.1 cm³/mol. The van der Waals surface area contributed by atoms with E-state index in [-0.39, 0.29) is 23.3 Å². The van der Waals surface area contributed by atoms with Crippen LogP contribution in [0.5, 0.6) is 0 Å². The van der Waals surface area contributed by atoms with Crippen LogP contribution in [-0.4, -0.2) is 45.9 Å². The highest BCUT2D eigenvalue weighted by molar-refractivity contribution is 5.82. The number of nitrogens with zero attached hydrogens (tertiary/aromatic N) is 1. The molecule has 1 aliphatic carbocycles. The first-order valence-electron chi connectivity index (χ1n) is 8.68. The Morgan fingerprint density at radius 3 is 2.12 bits per heavy atom. The molecule has 0 unspecified atom stereocenters. The standard InChI is InChI=1S/C19H25NO3.2H2O/c21-18(20-12-15-8-4-5-9-16(15)13-20)11-17(19(22)23)10-14-6-2-1-3-7-14;;/h1-3,6-7,15-17H,4-5,8-13H2,(H,22,23);2*1H2/t15-,16+,17-;;/m0../s1. The molecule has 1 amide bonds. The Bertz CT molecular complexity index is 548. The van der Waals surface area contributed by atoms with Crippen LogP contribution in [0.3, 0.4) is 0 Å². The smallest absolute Gasteiger partial charge is 0.307 e. The van der Waals surface area contributed by atoms with Gasteiger partial charge in [0.05, 0.1) is 5.92 Å². The van der Waals surface area contributed by atoms with Gasteiger partial charge in [-0.2, -0.15) is 0 Å². The fourth-order valence-electron chi connectivity index (χ4n) is 4.09. The van der Waals surface area contributed by atoms with Crippen LogP contribution in [0.2, 0.25) is 0 Å². The zero-order valence-corrected chi connectivity index (χ0v) is 14.5. The number of carbonyl (C=O) groups excluding carboxylic acids is 1. The zero-order valence-electron chi connectivity index (χ0n) is 14.5. The molecule has 1 saturated heterocycles. The summed E-state index contributed by atoms with van der Waals surface area (Å²) >= 11 is 0. The third-order valence-electron chi connectivity index (χ3n) is 5.42. The Morgan fingerprint density at radius 2 is 1.60 bits per heavy atom. The number of amides is 1. The molecule has 140 valence electrons. The highest BCUT2D eigenvalue weighted by Gasteiger charge is 2.37. The molecule has 0 aromatic heterocycles. The Kier molecular flexibility index (Phi) is 8.06. The molecule has 1 aromatic carbocycles. The van der Waals surface area contributed by atoms with Crippen molar-refractivity contribution in [1.82, 2.24) is 4.90 Å². The number of rotatable bonds is 5. The van der Waals surface area contributed by atoms with E-state index in [1.165, 1.54) is 25.7 Å². The summed E-state index contributed by atoms with van der Waals surface area (Å²) in [5, 5.41) is 9.46. The number of likely N-dealkylation sites (tertiary alicyclic amines) is 1. The van der Waals surface area contributed by atoms with E-state index >= 15 is 0 Å². The average Bonchev–Trinajstić information content (AvgIpc) is 2.99. The largest absolute Gasteiger partial charge is 0.481 e.